The molecule has 2 fully saturated rings. The average Bonchev–Trinajstić information content (AvgIpc) is 3.34. The van der Waals surface area contributed by atoms with Crippen molar-refractivity contribution in [3.8, 4) is 0 Å². The Bertz CT molecular complexity index is 842. The lowest BCUT2D eigenvalue weighted by atomic mass is 10.1. The molecule has 2 saturated heterocycles. The minimum atomic E-state index is 0. The number of anilines is 1. The van der Waals surface area contributed by atoms with Gasteiger partial charge >= 0.3 is 0 Å². The number of guanidine groups is 1. The maximum Gasteiger partial charge on any atom is 0.191 e. The highest BCUT2D eigenvalue weighted by Crippen LogP contribution is 2.18. The van der Waals surface area contributed by atoms with E-state index in [0.717, 1.165) is 44.5 Å². The quantitative estimate of drug-likeness (QED) is 0.310. The first-order valence-corrected chi connectivity index (χ1v) is 11.7. The molecule has 0 aliphatic carbocycles. The summed E-state index contributed by atoms with van der Waals surface area (Å²) in [6.45, 7) is 7.28. The summed E-state index contributed by atoms with van der Waals surface area (Å²) in [7, 11) is 1.82. The molecule has 1 aromatic heterocycles. The zero-order valence-corrected chi connectivity index (χ0v) is 21.6. The molecule has 0 radical (unpaired) electrons. The zero-order valence-electron chi connectivity index (χ0n) is 19.2. The van der Waals surface area contributed by atoms with Gasteiger partial charge in [0.1, 0.15) is 5.82 Å². The van der Waals surface area contributed by atoms with Gasteiger partial charge in [0.05, 0.1) is 0 Å². The Balaban J connectivity index is 0.00000289. The summed E-state index contributed by atoms with van der Waals surface area (Å²) in [6, 6.07) is 13.2. The van der Waals surface area contributed by atoms with Crippen molar-refractivity contribution in [2.45, 2.75) is 51.7 Å². The molecule has 0 atom stereocenters. The van der Waals surface area contributed by atoms with Gasteiger partial charge in [-0.15, -0.1) is 24.0 Å². The fraction of sp³-hybridized carbons (Fsp3) is 0.520. The highest BCUT2D eigenvalue weighted by molar-refractivity contribution is 14.0. The Kier molecular flexibility index (Phi) is 10.1. The van der Waals surface area contributed by atoms with Crippen molar-refractivity contribution >= 4 is 35.8 Å². The first kappa shape index (κ1) is 24.8. The normalized spacial score (nSPS) is 17.2. The number of halogens is 1. The van der Waals surface area contributed by atoms with Crippen LogP contribution in [-0.4, -0.2) is 49.1 Å². The largest absolute Gasteiger partial charge is 0.357 e. The van der Waals surface area contributed by atoms with E-state index in [2.05, 4.69) is 66.8 Å². The van der Waals surface area contributed by atoms with Gasteiger partial charge in [0.2, 0.25) is 0 Å². The van der Waals surface area contributed by atoms with E-state index in [1.54, 1.807) is 0 Å². The van der Waals surface area contributed by atoms with E-state index in [-0.39, 0.29) is 24.0 Å². The smallest absolute Gasteiger partial charge is 0.191 e. The van der Waals surface area contributed by atoms with Gasteiger partial charge in [0.25, 0.3) is 0 Å². The second kappa shape index (κ2) is 13.0. The number of pyridine rings is 1. The molecule has 3 heterocycles. The van der Waals surface area contributed by atoms with Crippen molar-refractivity contribution < 1.29 is 0 Å². The first-order chi connectivity index (χ1) is 15.3. The Morgan fingerprint density at radius 3 is 2.16 bits per heavy atom. The van der Waals surface area contributed by atoms with Crippen molar-refractivity contribution in [3.05, 3.63) is 59.3 Å². The lowest BCUT2D eigenvalue weighted by Gasteiger charge is -2.28. The number of nitrogens with zero attached hydrogens (tertiary/aromatic N) is 4. The van der Waals surface area contributed by atoms with Crippen LogP contribution in [0.1, 0.15) is 48.8 Å². The van der Waals surface area contributed by atoms with Crippen LogP contribution in [0.5, 0.6) is 0 Å². The number of likely N-dealkylation sites (tertiary alicyclic amines) is 1. The minimum absolute atomic E-state index is 0. The summed E-state index contributed by atoms with van der Waals surface area (Å²) in [5, 5.41) is 6.86. The number of benzene rings is 1. The van der Waals surface area contributed by atoms with Gasteiger partial charge < -0.3 is 15.5 Å². The van der Waals surface area contributed by atoms with Crippen LogP contribution in [0.15, 0.2) is 47.6 Å². The molecule has 2 N–H and O–H groups in total. The third-order valence-electron chi connectivity index (χ3n) is 6.26. The topological polar surface area (TPSA) is 55.8 Å². The zero-order chi connectivity index (χ0) is 21.3. The predicted octanol–water partition coefficient (Wildman–Crippen LogP) is 4.15. The maximum atomic E-state index is 4.57. The van der Waals surface area contributed by atoms with Gasteiger partial charge in [-0.2, -0.15) is 0 Å². The molecule has 6 nitrogen and oxygen atoms in total. The van der Waals surface area contributed by atoms with Gasteiger partial charge in [-0.05, 0) is 74.0 Å². The molecule has 1 aromatic carbocycles. The Hall–Kier alpha value is -1.87. The number of aromatic nitrogens is 1. The summed E-state index contributed by atoms with van der Waals surface area (Å²) < 4.78 is 0. The van der Waals surface area contributed by atoms with E-state index >= 15 is 0 Å². The molecule has 2 aliphatic heterocycles. The van der Waals surface area contributed by atoms with Crippen molar-refractivity contribution in [1.82, 2.24) is 20.5 Å². The Morgan fingerprint density at radius 1 is 0.844 bits per heavy atom. The Morgan fingerprint density at radius 2 is 1.47 bits per heavy atom. The molecular weight excluding hydrogens is 511 g/mol. The second-order valence-electron chi connectivity index (χ2n) is 8.65. The minimum Gasteiger partial charge on any atom is -0.357 e. The standard InChI is InChI=1S/C25H36N6.HI/c1-26-25(28-18-21-7-9-22(10-8-21)20-30-13-5-6-14-30)29-19-23-11-12-27-24(17-23)31-15-3-2-4-16-31;/h7-12,17H,2-6,13-16,18-20H2,1H3,(H2,26,28,29);1H. The highest BCUT2D eigenvalue weighted by atomic mass is 127. The first-order valence-electron chi connectivity index (χ1n) is 11.7. The number of piperidine rings is 1. The molecule has 2 aliphatic rings. The molecule has 174 valence electrons. The van der Waals surface area contributed by atoms with E-state index < -0.39 is 0 Å². The van der Waals surface area contributed by atoms with Gasteiger partial charge in [-0.25, -0.2) is 4.98 Å². The van der Waals surface area contributed by atoms with Gasteiger partial charge in [0, 0.05) is 46.0 Å². The predicted molar refractivity (Wildman–Crippen MR) is 144 cm³/mol. The molecule has 0 amide bonds. The summed E-state index contributed by atoms with van der Waals surface area (Å²) in [5.74, 6) is 1.91. The van der Waals surface area contributed by atoms with Crippen LogP contribution in [0.4, 0.5) is 5.82 Å². The molecule has 4 rings (SSSR count). The number of rotatable bonds is 7. The molecule has 0 spiro atoms. The molecular formula is C25H37IN6. The van der Waals surface area contributed by atoms with Crippen LogP contribution in [0.2, 0.25) is 0 Å². The van der Waals surface area contributed by atoms with Crippen LogP contribution in [0, 0.1) is 0 Å². The van der Waals surface area contributed by atoms with Crippen molar-refractivity contribution in [1.29, 1.82) is 0 Å². The fourth-order valence-corrected chi connectivity index (χ4v) is 4.42. The van der Waals surface area contributed by atoms with E-state index in [1.807, 2.05) is 13.2 Å². The van der Waals surface area contributed by atoms with E-state index in [9.17, 15) is 0 Å². The third-order valence-corrected chi connectivity index (χ3v) is 6.26. The van der Waals surface area contributed by atoms with Crippen LogP contribution >= 0.6 is 24.0 Å². The SMILES string of the molecule is CN=C(NCc1ccc(CN2CCCC2)cc1)NCc1ccnc(N2CCCCC2)c1.I. The van der Waals surface area contributed by atoms with Crippen molar-refractivity contribution in [3.63, 3.8) is 0 Å². The summed E-state index contributed by atoms with van der Waals surface area (Å²) in [4.78, 5) is 13.9. The molecule has 0 bridgehead atoms. The fourth-order valence-electron chi connectivity index (χ4n) is 4.42. The second-order valence-corrected chi connectivity index (χ2v) is 8.65. The van der Waals surface area contributed by atoms with Crippen LogP contribution < -0.4 is 15.5 Å². The Labute approximate surface area is 209 Å². The highest BCUT2D eigenvalue weighted by Gasteiger charge is 2.13. The number of hydrogen-bond acceptors (Lipinski definition) is 4. The van der Waals surface area contributed by atoms with Crippen molar-refractivity contribution in [2.24, 2.45) is 4.99 Å². The van der Waals surface area contributed by atoms with E-state index in [0.29, 0.717) is 0 Å². The van der Waals surface area contributed by atoms with Crippen LogP contribution in [0.3, 0.4) is 0 Å². The van der Waals surface area contributed by atoms with Crippen LogP contribution in [-0.2, 0) is 19.6 Å². The molecule has 7 heteroatoms. The lowest BCUT2D eigenvalue weighted by molar-refractivity contribution is 0.331. The average molecular weight is 549 g/mol. The molecule has 2 aromatic rings. The summed E-state index contributed by atoms with van der Waals surface area (Å²) >= 11 is 0. The maximum absolute atomic E-state index is 4.57. The van der Waals surface area contributed by atoms with Gasteiger partial charge in [0.15, 0.2) is 5.96 Å². The van der Waals surface area contributed by atoms with E-state index in [4.69, 9.17) is 0 Å². The van der Waals surface area contributed by atoms with Crippen molar-refractivity contribution in [2.75, 3.05) is 38.1 Å². The monoisotopic (exact) mass is 548 g/mol. The van der Waals surface area contributed by atoms with Gasteiger partial charge in [-0.3, -0.25) is 9.89 Å². The van der Waals surface area contributed by atoms with E-state index in [1.165, 1.54) is 61.9 Å². The molecule has 32 heavy (non-hydrogen) atoms. The van der Waals surface area contributed by atoms with Gasteiger partial charge in [-0.1, -0.05) is 24.3 Å². The number of nitrogens with one attached hydrogen (secondary N) is 2. The lowest BCUT2D eigenvalue weighted by Crippen LogP contribution is -2.36. The molecule has 0 unspecified atom stereocenters. The number of hydrogen-bond donors (Lipinski definition) is 2. The number of aliphatic imine (C=N–C) groups is 1. The molecule has 0 saturated carbocycles. The summed E-state index contributed by atoms with van der Waals surface area (Å²) in [5.41, 5.74) is 3.89. The third kappa shape index (κ3) is 7.33. The summed E-state index contributed by atoms with van der Waals surface area (Å²) in [6.07, 6.45) is 8.46. The van der Waals surface area contributed by atoms with Crippen LogP contribution in [0.25, 0.3) is 0 Å².